The predicted molar refractivity (Wildman–Crippen MR) is 144 cm³/mol. The number of carbonyl (C=O) groups is 2. The van der Waals surface area contributed by atoms with Crippen LogP contribution >= 0.6 is 0 Å². The SMILES string of the molecule is COc1ccc(CN(C(=O)CCCN(c2cccc(C)c2)S(C)(=O)=O)[C@@H](C)C(=O)NC(C)(C)C)cc1. The Kier molecular flexibility index (Phi) is 9.93. The normalized spacial score (nSPS) is 12.5. The van der Waals surface area contributed by atoms with Crippen molar-refractivity contribution in [1.29, 1.82) is 0 Å². The van der Waals surface area contributed by atoms with Gasteiger partial charge in [0.2, 0.25) is 21.8 Å². The molecule has 1 N–H and O–H groups in total. The lowest BCUT2D eigenvalue weighted by Crippen LogP contribution is -2.52. The Morgan fingerprint density at radius 1 is 1.08 bits per heavy atom. The predicted octanol–water partition coefficient (Wildman–Crippen LogP) is 3.88. The summed E-state index contributed by atoms with van der Waals surface area (Å²) in [6.45, 7) is 9.67. The highest BCUT2D eigenvalue weighted by atomic mass is 32.2. The Hall–Kier alpha value is -3.07. The molecule has 0 aliphatic rings. The number of carbonyl (C=O) groups excluding carboxylic acids is 2. The number of nitrogens with zero attached hydrogens (tertiary/aromatic N) is 2. The lowest BCUT2D eigenvalue weighted by atomic mass is 10.1. The Morgan fingerprint density at radius 2 is 1.72 bits per heavy atom. The first-order valence-corrected chi connectivity index (χ1v) is 13.8. The van der Waals surface area contributed by atoms with Crippen molar-refractivity contribution in [3.8, 4) is 5.75 Å². The molecule has 0 radical (unpaired) electrons. The van der Waals surface area contributed by atoms with Crippen LogP contribution in [0.2, 0.25) is 0 Å². The Balaban J connectivity index is 2.19. The summed E-state index contributed by atoms with van der Waals surface area (Å²) in [6.07, 6.45) is 1.57. The van der Waals surface area contributed by atoms with Crippen LogP contribution in [0.5, 0.6) is 5.75 Å². The number of rotatable bonds is 11. The molecule has 0 aliphatic heterocycles. The third kappa shape index (κ3) is 8.86. The van der Waals surface area contributed by atoms with E-state index in [9.17, 15) is 18.0 Å². The quantitative estimate of drug-likeness (QED) is 0.488. The summed E-state index contributed by atoms with van der Waals surface area (Å²) in [6, 6.07) is 13.9. The van der Waals surface area contributed by atoms with Crippen molar-refractivity contribution in [1.82, 2.24) is 10.2 Å². The highest BCUT2D eigenvalue weighted by molar-refractivity contribution is 7.92. The number of sulfonamides is 1. The van der Waals surface area contributed by atoms with Crippen LogP contribution in [0.15, 0.2) is 48.5 Å². The monoisotopic (exact) mass is 517 g/mol. The average molecular weight is 518 g/mol. The van der Waals surface area contributed by atoms with Crippen LogP contribution in [0, 0.1) is 6.92 Å². The molecule has 0 aliphatic carbocycles. The number of ether oxygens (including phenoxy) is 1. The van der Waals surface area contributed by atoms with Crippen LogP contribution in [-0.2, 0) is 26.2 Å². The van der Waals surface area contributed by atoms with Crippen molar-refractivity contribution < 1.29 is 22.7 Å². The minimum atomic E-state index is -3.53. The Bertz CT molecular complexity index is 1140. The van der Waals surface area contributed by atoms with E-state index in [4.69, 9.17) is 4.74 Å². The molecule has 2 aromatic carbocycles. The van der Waals surface area contributed by atoms with E-state index >= 15 is 0 Å². The Labute approximate surface area is 215 Å². The molecule has 2 rings (SSSR count). The molecule has 0 unspecified atom stereocenters. The fourth-order valence-electron chi connectivity index (χ4n) is 3.77. The van der Waals surface area contributed by atoms with Crippen LogP contribution in [0.4, 0.5) is 5.69 Å². The standard InChI is InChI=1S/C27H39N3O5S/c1-20-10-8-11-23(18-20)30(36(7,33)34)17-9-12-25(31)29(21(2)26(32)28-27(3,4)5)19-22-13-15-24(35-6)16-14-22/h8,10-11,13-16,18,21H,9,12,17,19H2,1-7H3,(H,28,32)/t21-/m0/s1. The number of methoxy groups -OCH3 is 1. The molecule has 0 aromatic heterocycles. The molecule has 0 saturated heterocycles. The second kappa shape index (κ2) is 12.3. The van der Waals surface area contributed by atoms with Gasteiger partial charge in [0.05, 0.1) is 19.1 Å². The summed E-state index contributed by atoms with van der Waals surface area (Å²) in [4.78, 5) is 27.8. The van der Waals surface area contributed by atoms with E-state index in [1.165, 1.54) is 4.31 Å². The molecule has 0 bridgehead atoms. The molecule has 36 heavy (non-hydrogen) atoms. The fraction of sp³-hybridized carbons (Fsp3) is 0.481. The molecule has 0 fully saturated rings. The number of hydrogen-bond acceptors (Lipinski definition) is 5. The zero-order valence-electron chi connectivity index (χ0n) is 22.4. The number of benzene rings is 2. The summed E-state index contributed by atoms with van der Waals surface area (Å²) >= 11 is 0. The van der Waals surface area contributed by atoms with Gasteiger partial charge in [0.15, 0.2) is 0 Å². The molecule has 0 spiro atoms. The zero-order chi connectivity index (χ0) is 27.1. The molecule has 2 aromatic rings. The van der Waals surface area contributed by atoms with Gasteiger partial charge < -0.3 is 15.0 Å². The maximum atomic E-state index is 13.4. The number of nitrogens with one attached hydrogen (secondary N) is 1. The van der Waals surface area contributed by atoms with Crippen LogP contribution in [-0.4, -0.2) is 56.6 Å². The lowest BCUT2D eigenvalue weighted by molar-refractivity contribution is -0.141. The highest BCUT2D eigenvalue weighted by Crippen LogP contribution is 2.21. The third-order valence-corrected chi connectivity index (χ3v) is 6.81. The highest BCUT2D eigenvalue weighted by Gasteiger charge is 2.28. The smallest absolute Gasteiger partial charge is 0.242 e. The van der Waals surface area contributed by atoms with E-state index in [1.807, 2.05) is 58.0 Å². The third-order valence-electron chi connectivity index (χ3n) is 5.62. The Morgan fingerprint density at radius 3 is 2.25 bits per heavy atom. The molecule has 9 heteroatoms. The molecular weight excluding hydrogens is 478 g/mol. The van der Waals surface area contributed by atoms with Gasteiger partial charge in [-0.1, -0.05) is 24.3 Å². The van der Waals surface area contributed by atoms with E-state index in [0.717, 1.165) is 17.4 Å². The average Bonchev–Trinajstić information content (AvgIpc) is 2.78. The summed E-state index contributed by atoms with van der Waals surface area (Å²) in [5.74, 6) is 0.231. The van der Waals surface area contributed by atoms with E-state index in [2.05, 4.69) is 5.32 Å². The van der Waals surface area contributed by atoms with Gasteiger partial charge in [-0.05, 0) is 76.4 Å². The van der Waals surface area contributed by atoms with Crippen molar-refractivity contribution in [3.05, 3.63) is 59.7 Å². The van der Waals surface area contributed by atoms with Crippen molar-refractivity contribution in [2.75, 3.05) is 24.2 Å². The molecule has 1 atom stereocenters. The molecule has 0 saturated carbocycles. The first-order chi connectivity index (χ1) is 16.7. The summed E-state index contributed by atoms with van der Waals surface area (Å²) < 4.78 is 31.4. The largest absolute Gasteiger partial charge is 0.497 e. The summed E-state index contributed by atoms with van der Waals surface area (Å²) in [5, 5.41) is 2.94. The number of anilines is 1. The van der Waals surface area contributed by atoms with Gasteiger partial charge >= 0.3 is 0 Å². The minimum absolute atomic E-state index is 0.0983. The van der Waals surface area contributed by atoms with Gasteiger partial charge in [-0.2, -0.15) is 0 Å². The zero-order valence-corrected chi connectivity index (χ0v) is 23.2. The number of hydrogen-bond donors (Lipinski definition) is 1. The summed E-state index contributed by atoms with van der Waals surface area (Å²) in [7, 11) is -1.94. The molecule has 198 valence electrons. The second-order valence-corrected chi connectivity index (χ2v) is 12.0. The second-order valence-electron chi connectivity index (χ2n) is 10.1. The van der Waals surface area contributed by atoms with Gasteiger partial charge in [-0.3, -0.25) is 13.9 Å². The van der Waals surface area contributed by atoms with E-state index in [0.29, 0.717) is 17.9 Å². The molecule has 0 heterocycles. The molecule has 8 nitrogen and oxygen atoms in total. The topological polar surface area (TPSA) is 96.0 Å². The van der Waals surface area contributed by atoms with Gasteiger partial charge in [-0.15, -0.1) is 0 Å². The molecular formula is C27H39N3O5S. The summed E-state index contributed by atoms with van der Waals surface area (Å²) in [5.41, 5.74) is 1.93. The number of amides is 2. The van der Waals surface area contributed by atoms with Crippen molar-refractivity contribution in [3.63, 3.8) is 0 Å². The lowest BCUT2D eigenvalue weighted by Gasteiger charge is -2.32. The van der Waals surface area contributed by atoms with Crippen LogP contribution < -0.4 is 14.4 Å². The first-order valence-electron chi connectivity index (χ1n) is 12.0. The fourth-order valence-corrected chi connectivity index (χ4v) is 4.73. The van der Waals surface area contributed by atoms with Crippen LogP contribution in [0.3, 0.4) is 0 Å². The van der Waals surface area contributed by atoms with E-state index < -0.39 is 21.6 Å². The minimum Gasteiger partial charge on any atom is -0.497 e. The van der Waals surface area contributed by atoms with Gasteiger partial charge in [0.1, 0.15) is 11.8 Å². The van der Waals surface area contributed by atoms with Gasteiger partial charge in [0.25, 0.3) is 0 Å². The van der Waals surface area contributed by atoms with E-state index in [-0.39, 0.29) is 31.3 Å². The molecule has 2 amide bonds. The van der Waals surface area contributed by atoms with E-state index in [1.54, 1.807) is 37.1 Å². The van der Waals surface area contributed by atoms with Gasteiger partial charge in [-0.25, -0.2) is 8.42 Å². The maximum Gasteiger partial charge on any atom is 0.242 e. The van der Waals surface area contributed by atoms with Crippen LogP contribution in [0.25, 0.3) is 0 Å². The van der Waals surface area contributed by atoms with Crippen LogP contribution in [0.1, 0.15) is 51.7 Å². The van der Waals surface area contributed by atoms with Crippen molar-refractivity contribution >= 4 is 27.5 Å². The van der Waals surface area contributed by atoms with Crippen molar-refractivity contribution in [2.45, 2.75) is 65.6 Å². The maximum absolute atomic E-state index is 13.4. The van der Waals surface area contributed by atoms with Crippen molar-refractivity contribution in [2.24, 2.45) is 0 Å². The first kappa shape index (κ1) is 29.2. The van der Waals surface area contributed by atoms with Gasteiger partial charge in [0, 0.05) is 25.0 Å². The number of aryl methyl sites for hydroxylation is 1.